The molecule has 0 saturated carbocycles. The van der Waals surface area contributed by atoms with Crippen molar-refractivity contribution < 1.29 is 5.11 Å². The number of aryl methyl sites for hydroxylation is 4. The van der Waals surface area contributed by atoms with Crippen LogP contribution in [0.4, 0.5) is 11.6 Å². The van der Waals surface area contributed by atoms with Crippen molar-refractivity contribution in [2.24, 2.45) is 31.7 Å². The minimum atomic E-state index is 0.153. The van der Waals surface area contributed by atoms with Gasteiger partial charge in [-0.1, -0.05) is 59.7 Å². The molecule has 2 saturated heterocycles. The molecule has 0 bridgehead atoms. The number of hydrogen-bond donors (Lipinski definition) is 3. The molecule has 6 aromatic heterocycles. The summed E-state index contributed by atoms with van der Waals surface area (Å²) >= 11 is 0. The van der Waals surface area contributed by atoms with Crippen molar-refractivity contribution in [1.82, 2.24) is 54.1 Å². The lowest BCUT2D eigenvalue weighted by atomic mass is 9.99. The standard InChI is InChI=1S/C23H27N7.C14H16N6O.C9H13N/c1-16-4-6-19(7-5-16)17(2)24-9-18-11-29(12-18)23-22-8-20(14-30(22)27-15-25-23)21-10-26-28(3)13-21;1-18-6-12(3-16-18)11-2-13-14(15-9-17-20(13)7-11)19-4-10(5-19)8-21;1-7-3-5-9(6-4-7)8(2)10/h4-8,10,13-15,17-18,24H,9,11-12H2,1-3H3;2-3,6-7,9-10,21H,4-5,8H2,1H3;3-6,8H,10H2,1-2H3/t17-;;8-/m0.0/s1. The lowest BCUT2D eigenvalue weighted by Crippen LogP contribution is -2.51. The molecule has 0 unspecified atom stereocenters. The highest BCUT2D eigenvalue weighted by Crippen LogP contribution is 2.32. The molecule has 2 aromatic carbocycles. The van der Waals surface area contributed by atoms with Crippen molar-refractivity contribution in [2.75, 3.05) is 49.1 Å². The van der Waals surface area contributed by atoms with Crippen molar-refractivity contribution in [2.45, 2.75) is 39.8 Å². The Kier molecular flexibility index (Phi) is 12.2. The van der Waals surface area contributed by atoms with Crippen LogP contribution in [0.15, 0.2) is 110 Å². The topological polar surface area (TPSA) is 161 Å². The second kappa shape index (κ2) is 18.1. The minimum Gasteiger partial charge on any atom is -0.396 e. The van der Waals surface area contributed by atoms with Crippen molar-refractivity contribution in [1.29, 1.82) is 0 Å². The summed E-state index contributed by atoms with van der Waals surface area (Å²) in [6.45, 7) is 13.4. The van der Waals surface area contributed by atoms with Crippen LogP contribution in [0.1, 0.15) is 48.2 Å². The predicted octanol–water partition coefficient (Wildman–Crippen LogP) is 5.80. The summed E-state index contributed by atoms with van der Waals surface area (Å²) in [5.41, 5.74) is 17.1. The van der Waals surface area contributed by atoms with Crippen LogP contribution < -0.4 is 20.9 Å². The van der Waals surface area contributed by atoms with Crippen molar-refractivity contribution in [3.05, 3.63) is 133 Å². The van der Waals surface area contributed by atoms with E-state index >= 15 is 0 Å². The first kappa shape index (κ1) is 41.3. The van der Waals surface area contributed by atoms with Crippen LogP contribution in [0.25, 0.3) is 33.3 Å². The third-order valence-electron chi connectivity index (χ3n) is 11.5. The lowest BCUT2D eigenvalue weighted by molar-refractivity contribution is 0.200. The number of anilines is 2. The van der Waals surface area contributed by atoms with Crippen LogP contribution in [0, 0.1) is 25.7 Å². The number of nitrogens with one attached hydrogen (secondary N) is 1. The van der Waals surface area contributed by atoms with E-state index in [-0.39, 0.29) is 12.6 Å². The molecule has 2 atom stereocenters. The normalized spacial score (nSPS) is 15.1. The third-order valence-corrected chi connectivity index (χ3v) is 11.5. The van der Waals surface area contributed by atoms with Crippen LogP contribution in [0.2, 0.25) is 0 Å². The fourth-order valence-corrected chi connectivity index (χ4v) is 7.69. The van der Waals surface area contributed by atoms with Gasteiger partial charge in [0.2, 0.25) is 0 Å². The quantitative estimate of drug-likeness (QED) is 0.153. The average molecular weight is 821 g/mol. The summed E-state index contributed by atoms with van der Waals surface area (Å²) in [4.78, 5) is 13.5. The van der Waals surface area contributed by atoms with E-state index in [4.69, 9.17) is 10.8 Å². The SMILES string of the molecule is Cc1ccc([C@H](C)N)cc1.Cc1ccc([C@H](C)NCC2CN(c3ncnn4cc(-c5cnn(C)c5)cc34)C2)cc1.Cn1cc(-c2cc3c(N4CC(CO)C4)ncnn3c2)cn1. The van der Waals surface area contributed by atoms with Crippen LogP contribution in [-0.4, -0.2) is 93.2 Å². The number of nitrogens with zero attached hydrogens (tertiary/aromatic N) is 12. The molecule has 316 valence electrons. The van der Waals surface area contributed by atoms with Crippen molar-refractivity contribution in [3.63, 3.8) is 0 Å². The molecule has 4 N–H and O–H groups in total. The molecule has 2 aliphatic rings. The molecule has 2 aliphatic heterocycles. The van der Waals surface area contributed by atoms with E-state index in [1.165, 1.54) is 22.3 Å². The van der Waals surface area contributed by atoms with Gasteiger partial charge in [0.05, 0.1) is 12.4 Å². The maximum absolute atomic E-state index is 9.15. The Bertz CT molecular complexity index is 2660. The molecule has 15 nitrogen and oxygen atoms in total. The van der Waals surface area contributed by atoms with Gasteiger partial charge in [-0.3, -0.25) is 9.36 Å². The zero-order valence-electron chi connectivity index (χ0n) is 35.8. The van der Waals surface area contributed by atoms with Gasteiger partial charge in [0.25, 0.3) is 0 Å². The largest absolute Gasteiger partial charge is 0.396 e. The molecular weight excluding hydrogens is 765 g/mol. The highest BCUT2D eigenvalue weighted by molar-refractivity contribution is 5.78. The van der Waals surface area contributed by atoms with E-state index in [1.807, 2.05) is 71.9 Å². The summed E-state index contributed by atoms with van der Waals surface area (Å²) in [7, 11) is 3.83. The Labute approximate surface area is 356 Å². The molecule has 2 fully saturated rings. The van der Waals surface area contributed by atoms with E-state index < -0.39 is 0 Å². The number of fused-ring (bicyclic) bond motifs is 2. The summed E-state index contributed by atoms with van der Waals surface area (Å²) < 4.78 is 7.35. The van der Waals surface area contributed by atoms with Gasteiger partial charge in [0.15, 0.2) is 11.6 Å². The molecule has 0 radical (unpaired) electrons. The lowest BCUT2D eigenvalue weighted by Gasteiger charge is -2.40. The third kappa shape index (κ3) is 9.49. The van der Waals surface area contributed by atoms with Gasteiger partial charge < -0.3 is 26.0 Å². The maximum atomic E-state index is 9.15. The molecule has 0 amide bonds. The number of rotatable bonds is 10. The van der Waals surface area contributed by atoms with Gasteiger partial charge in [-0.2, -0.15) is 20.4 Å². The molecule has 15 heteroatoms. The average Bonchev–Trinajstić information content (AvgIpc) is 4.04. The van der Waals surface area contributed by atoms with Gasteiger partial charge in [-0.15, -0.1) is 0 Å². The number of benzene rings is 2. The van der Waals surface area contributed by atoms with Crippen LogP contribution in [-0.2, 0) is 14.1 Å². The van der Waals surface area contributed by atoms with Gasteiger partial charge in [-0.25, -0.2) is 19.0 Å². The number of hydrogen-bond acceptors (Lipinski definition) is 11. The van der Waals surface area contributed by atoms with E-state index in [9.17, 15) is 0 Å². The van der Waals surface area contributed by atoms with Gasteiger partial charge in [0, 0.05) is 124 Å². The maximum Gasteiger partial charge on any atom is 0.156 e. The second-order valence-corrected chi connectivity index (χ2v) is 16.6. The first-order chi connectivity index (χ1) is 29.5. The summed E-state index contributed by atoms with van der Waals surface area (Å²) in [5.74, 6) is 2.90. The minimum absolute atomic E-state index is 0.153. The molecule has 10 rings (SSSR count). The van der Waals surface area contributed by atoms with Gasteiger partial charge >= 0.3 is 0 Å². The number of aromatic nitrogens is 10. The number of aliphatic hydroxyl groups is 1. The van der Waals surface area contributed by atoms with Crippen LogP contribution >= 0.6 is 0 Å². The smallest absolute Gasteiger partial charge is 0.156 e. The van der Waals surface area contributed by atoms with Gasteiger partial charge in [-0.05, 0) is 51.0 Å². The highest BCUT2D eigenvalue weighted by atomic mass is 16.3. The molecule has 0 aliphatic carbocycles. The van der Waals surface area contributed by atoms with Crippen molar-refractivity contribution >= 4 is 22.7 Å². The van der Waals surface area contributed by atoms with Gasteiger partial charge in [0.1, 0.15) is 23.7 Å². The Morgan fingerprint density at radius 1 is 0.639 bits per heavy atom. The highest BCUT2D eigenvalue weighted by Gasteiger charge is 2.30. The summed E-state index contributed by atoms with van der Waals surface area (Å²) in [6, 6.07) is 21.8. The molecule has 8 aromatic rings. The predicted molar refractivity (Wildman–Crippen MR) is 240 cm³/mol. The Balaban J connectivity index is 0.000000143. The number of nitrogens with two attached hydrogens (primary N) is 1. The van der Waals surface area contributed by atoms with Crippen LogP contribution in [0.5, 0.6) is 0 Å². The first-order valence-electron chi connectivity index (χ1n) is 20.9. The van der Waals surface area contributed by atoms with E-state index in [2.05, 4.69) is 127 Å². The Morgan fingerprint density at radius 3 is 1.52 bits per heavy atom. The summed E-state index contributed by atoms with van der Waals surface area (Å²) in [5, 5.41) is 30.0. The second-order valence-electron chi connectivity index (χ2n) is 16.6. The van der Waals surface area contributed by atoms with Crippen molar-refractivity contribution in [3.8, 4) is 22.3 Å². The van der Waals surface area contributed by atoms with Crippen LogP contribution in [0.3, 0.4) is 0 Å². The molecule has 0 spiro atoms. The monoisotopic (exact) mass is 820 g/mol. The zero-order chi connectivity index (χ0) is 42.6. The van der Waals surface area contributed by atoms with E-state index in [1.54, 1.807) is 17.3 Å². The molecular formula is C46H56N14O. The first-order valence-corrected chi connectivity index (χ1v) is 20.9. The number of aliphatic hydroxyl groups excluding tert-OH is 1. The molecule has 8 heterocycles. The zero-order valence-corrected chi connectivity index (χ0v) is 35.8. The fourth-order valence-electron chi connectivity index (χ4n) is 7.69. The van der Waals surface area contributed by atoms with E-state index in [0.29, 0.717) is 17.9 Å². The van der Waals surface area contributed by atoms with E-state index in [0.717, 1.165) is 77.6 Å². The Morgan fingerprint density at radius 2 is 1.10 bits per heavy atom. The molecule has 61 heavy (non-hydrogen) atoms. The fraction of sp³-hybridized carbons (Fsp3) is 0.348. The Hall–Kier alpha value is -6.42. The summed E-state index contributed by atoms with van der Waals surface area (Å²) in [6.07, 6.45) is 15.0.